The number of benzene rings is 2. The van der Waals surface area contributed by atoms with E-state index in [1.807, 2.05) is 24.3 Å². The summed E-state index contributed by atoms with van der Waals surface area (Å²) >= 11 is 0. The highest BCUT2D eigenvalue weighted by Gasteiger charge is 2.51. The largest absolute Gasteiger partial charge is 0.458 e. The average molecular weight is 433 g/mol. The maximum Gasteiger partial charge on any atom is 0.334 e. The van der Waals surface area contributed by atoms with Gasteiger partial charge in [0.05, 0.1) is 6.10 Å². The van der Waals surface area contributed by atoms with Crippen molar-refractivity contribution in [3.8, 4) is 0 Å². The number of carbonyl (C=O) groups is 1. The molecule has 0 radical (unpaired) electrons. The summed E-state index contributed by atoms with van der Waals surface area (Å²) in [6.07, 6.45) is 8.82. The van der Waals surface area contributed by atoms with Gasteiger partial charge in [-0.25, -0.2) is 4.79 Å². The molecule has 0 aliphatic carbocycles. The van der Waals surface area contributed by atoms with Crippen LogP contribution in [-0.4, -0.2) is 27.0 Å². The zero-order chi connectivity index (χ0) is 22.3. The van der Waals surface area contributed by atoms with Crippen LogP contribution in [0.25, 0.3) is 0 Å². The number of rotatable bonds is 9. The van der Waals surface area contributed by atoms with Crippen LogP contribution in [-0.2, 0) is 14.0 Å². The van der Waals surface area contributed by atoms with Gasteiger partial charge >= 0.3 is 5.97 Å². The Hall–Kier alpha value is -2.69. The van der Waals surface area contributed by atoms with Crippen molar-refractivity contribution in [2.75, 3.05) is 6.61 Å². The lowest BCUT2D eigenvalue weighted by Gasteiger charge is -2.44. The van der Waals surface area contributed by atoms with Gasteiger partial charge in [0.15, 0.2) is 0 Å². The van der Waals surface area contributed by atoms with E-state index in [4.69, 9.17) is 9.16 Å². The van der Waals surface area contributed by atoms with Gasteiger partial charge in [0, 0.05) is 5.57 Å². The molecule has 0 amide bonds. The van der Waals surface area contributed by atoms with E-state index in [1.54, 1.807) is 6.08 Å². The molecule has 0 fully saturated rings. The van der Waals surface area contributed by atoms with Gasteiger partial charge in [-0.2, -0.15) is 0 Å². The van der Waals surface area contributed by atoms with E-state index >= 15 is 0 Å². The fraction of sp³-hybridized carbons (Fsp3) is 0.296. The van der Waals surface area contributed by atoms with Gasteiger partial charge in [-0.05, 0) is 34.3 Å². The Balaban J connectivity index is 2.05. The molecule has 3 rings (SSSR count). The lowest BCUT2D eigenvalue weighted by Crippen LogP contribution is -2.67. The minimum Gasteiger partial charge on any atom is -0.458 e. The van der Waals surface area contributed by atoms with Crippen LogP contribution in [0, 0.1) is 0 Å². The van der Waals surface area contributed by atoms with E-state index in [9.17, 15) is 4.79 Å². The summed E-state index contributed by atoms with van der Waals surface area (Å²) in [5.74, 6) is -0.211. The minimum absolute atomic E-state index is 0.110. The van der Waals surface area contributed by atoms with Crippen LogP contribution in [0.1, 0.15) is 33.6 Å². The second-order valence-corrected chi connectivity index (χ2v) is 13.1. The van der Waals surface area contributed by atoms with Crippen molar-refractivity contribution in [2.24, 2.45) is 0 Å². The molecule has 31 heavy (non-hydrogen) atoms. The summed E-state index contributed by atoms with van der Waals surface area (Å²) < 4.78 is 12.3. The molecule has 1 aliphatic heterocycles. The van der Waals surface area contributed by atoms with Crippen LogP contribution >= 0.6 is 0 Å². The van der Waals surface area contributed by atoms with Crippen molar-refractivity contribution < 1.29 is 14.0 Å². The zero-order valence-corrected chi connectivity index (χ0v) is 19.7. The normalized spacial score (nSPS) is 15.6. The molecular formula is C27H32O3Si. The third-order valence-corrected chi connectivity index (χ3v) is 10.8. The standard InChI is InChI=1S/C27H32O3Si/c1-5-6-13-23(19-18-22-20-21-29-26(22)28)30-31(27(2,3)4,24-14-9-7-10-15-24)25-16-11-8-12-17-25/h5-17,20,23H,1,18-19,21H2,2-4H3/b13-6+. The molecule has 1 heterocycles. The quantitative estimate of drug-likeness (QED) is 0.320. The third-order valence-electron chi connectivity index (χ3n) is 5.71. The van der Waals surface area contributed by atoms with Gasteiger partial charge in [0.25, 0.3) is 8.32 Å². The lowest BCUT2D eigenvalue weighted by atomic mass is 10.1. The van der Waals surface area contributed by atoms with E-state index in [0.29, 0.717) is 19.4 Å². The first-order valence-electron chi connectivity index (χ1n) is 10.8. The van der Waals surface area contributed by atoms with Gasteiger partial charge in [-0.1, -0.05) is 106 Å². The average Bonchev–Trinajstić information content (AvgIpc) is 3.18. The van der Waals surface area contributed by atoms with Crippen LogP contribution < -0.4 is 10.4 Å². The number of hydrogen-bond acceptors (Lipinski definition) is 3. The topological polar surface area (TPSA) is 35.5 Å². The maximum atomic E-state index is 11.9. The van der Waals surface area contributed by atoms with E-state index in [-0.39, 0.29) is 17.1 Å². The van der Waals surface area contributed by atoms with E-state index < -0.39 is 8.32 Å². The van der Waals surface area contributed by atoms with Crippen LogP contribution in [0.3, 0.4) is 0 Å². The van der Waals surface area contributed by atoms with E-state index in [2.05, 4.69) is 82.0 Å². The fourth-order valence-corrected chi connectivity index (χ4v) is 8.88. The SMILES string of the molecule is C=C/C=C/C(CCC1=CCOC1=O)O[Si](c1ccccc1)(c1ccccc1)C(C)(C)C. The molecule has 0 bridgehead atoms. The van der Waals surface area contributed by atoms with E-state index in [0.717, 1.165) is 5.57 Å². The second kappa shape index (κ2) is 10.1. The zero-order valence-electron chi connectivity index (χ0n) is 18.7. The fourth-order valence-electron chi connectivity index (χ4n) is 4.21. The number of esters is 1. The summed E-state index contributed by atoms with van der Waals surface area (Å²) in [5, 5.41) is 2.37. The summed E-state index contributed by atoms with van der Waals surface area (Å²) in [6.45, 7) is 11.0. The molecule has 0 N–H and O–H groups in total. The van der Waals surface area contributed by atoms with Gasteiger partial charge in [-0.3, -0.25) is 0 Å². The first-order valence-corrected chi connectivity index (χ1v) is 12.7. The smallest absolute Gasteiger partial charge is 0.334 e. The van der Waals surface area contributed by atoms with Gasteiger partial charge < -0.3 is 9.16 Å². The Kier molecular flexibility index (Phi) is 7.47. The summed E-state index contributed by atoms with van der Waals surface area (Å²) in [4.78, 5) is 11.9. The predicted molar refractivity (Wildman–Crippen MR) is 130 cm³/mol. The lowest BCUT2D eigenvalue weighted by molar-refractivity contribution is -0.136. The number of allylic oxidation sites excluding steroid dienone is 2. The number of carbonyl (C=O) groups excluding carboxylic acids is 1. The Bertz CT molecular complexity index is 900. The molecule has 1 aliphatic rings. The van der Waals surface area contributed by atoms with Gasteiger partial charge in [0.1, 0.15) is 6.61 Å². The number of hydrogen-bond donors (Lipinski definition) is 0. The molecule has 3 nitrogen and oxygen atoms in total. The van der Waals surface area contributed by atoms with Crippen LogP contribution in [0.4, 0.5) is 0 Å². The van der Waals surface area contributed by atoms with E-state index in [1.165, 1.54) is 10.4 Å². The Morgan fingerprint density at radius 3 is 2.10 bits per heavy atom. The summed E-state index contributed by atoms with van der Waals surface area (Å²) in [7, 11) is -2.68. The monoisotopic (exact) mass is 432 g/mol. The first kappa shape index (κ1) is 23.0. The molecule has 0 aromatic heterocycles. The molecule has 162 valence electrons. The van der Waals surface area contributed by atoms with Crippen LogP contribution in [0.5, 0.6) is 0 Å². The van der Waals surface area contributed by atoms with Crippen molar-refractivity contribution in [3.05, 3.63) is 97.1 Å². The van der Waals surface area contributed by atoms with Crippen molar-refractivity contribution in [3.63, 3.8) is 0 Å². The minimum atomic E-state index is -2.68. The highest BCUT2D eigenvalue weighted by molar-refractivity contribution is 6.99. The maximum absolute atomic E-state index is 11.9. The van der Waals surface area contributed by atoms with Crippen molar-refractivity contribution in [1.29, 1.82) is 0 Å². The number of ether oxygens (including phenoxy) is 1. The summed E-state index contributed by atoms with van der Waals surface area (Å²) in [6, 6.07) is 21.2. The third kappa shape index (κ3) is 5.14. The molecule has 0 saturated carbocycles. The Morgan fingerprint density at radius 2 is 1.65 bits per heavy atom. The molecule has 4 heteroatoms. The Morgan fingerprint density at radius 1 is 1.06 bits per heavy atom. The highest BCUT2D eigenvalue weighted by Crippen LogP contribution is 2.38. The second-order valence-electron chi connectivity index (χ2n) is 8.81. The van der Waals surface area contributed by atoms with Crippen LogP contribution in [0.2, 0.25) is 5.04 Å². The van der Waals surface area contributed by atoms with Crippen molar-refractivity contribution >= 4 is 24.7 Å². The van der Waals surface area contributed by atoms with Gasteiger partial charge in [-0.15, -0.1) is 0 Å². The van der Waals surface area contributed by atoms with Crippen molar-refractivity contribution in [2.45, 2.75) is 44.8 Å². The molecule has 1 unspecified atom stereocenters. The Labute approximate surface area is 187 Å². The molecule has 0 spiro atoms. The molecular weight excluding hydrogens is 400 g/mol. The van der Waals surface area contributed by atoms with Crippen LogP contribution in [0.15, 0.2) is 97.1 Å². The van der Waals surface area contributed by atoms with Gasteiger partial charge in [0.2, 0.25) is 0 Å². The molecule has 2 aromatic rings. The van der Waals surface area contributed by atoms with Crippen molar-refractivity contribution in [1.82, 2.24) is 0 Å². The summed E-state index contributed by atoms with van der Waals surface area (Å²) in [5.41, 5.74) is 0.739. The molecule has 1 atom stereocenters. The predicted octanol–water partition coefficient (Wildman–Crippen LogP) is 4.94. The first-order chi connectivity index (χ1) is 14.9. The number of cyclic esters (lactones) is 1. The molecule has 0 saturated heterocycles. The highest BCUT2D eigenvalue weighted by atomic mass is 28.4. The molecule has 2 aromatic carbocycles.